The van der Waals surface area contributed by atoms with Crippen molar-refractivity contribution < 1.29 is 18.0 Å². The number of benzene rings is 2. The van der Waals surface area contributed by atoms with Gasteiger partial charge in [-0.2, -0.15) is 0 Å². The fourth-order valence-electron chi connectivity index (χ4n) is 2.95. The summed E-state index contributed by atoms with van der Waals surface area (Å²) in [5, 5.41) is 6.10. The van der Waals surface area contributed by atoms with E-state index in [1.165, 1.54) is 4.31 Å². The largest absolute Gasteiger partial charge is 0.352 e. The van der Waals surface area contributed by atoms with E-state index in [1.54, 1.807) is 48.5 Å². The highest BCUT2D eigenvalue weighted by molar-refractivity contribution is 7.92. The van der Waals surface area contributed by atoms with Crippen LogP contribution in [-0.2, 0) is 14.8 Å². The Bertz CT molecular complexity index is 994. The number of anilines is 2. The van der Waals surface area contributed by atoms with Gasteiger partial charge in [0.05, 0.1) is 23.2 Å². The summed E-state index contributed by atoms with van der Waals surface area (Å²) < 4.78 is 25.6. The third-order valence-electron chi connectivity index (χ3n) is 4.54. The molecule has 31 heavy (non-hydrogen) atoms. The van der Waals surface area contributed by atoms with E-state index >= 15 is 0 Å². The fourth-order valence-corrected chi connectivity index (χ4v) is 4.05. The lowest BCUT2D eigenvalue weighted by Gasteiger charge is -2.22. The summed E-state index contributed by atoms with van der Waals surface area (Å²) in [6.07, 6.45) is 3.39. The molecule has 0 bridgehead atoms. The van der Waals surface area contributed by atoms with Crippen LogP contribution in [-0.4, -0.2) is 39.6 Å². The third kappa shape index (κ3) is 7.88. The summed E-state index contributed by atoms with van der Waals surface area (Å²) >= 11 is 5.87. The van der Waals surface area contributed by atoms with Crippen molar-refractivity contribution in [2.75, 3.05) is 29.0 Å². The zero-order chi connectivity index (χ0) is 22.9. The minimum atomic E-state index is -3.51. The molecule has 2 rings (SSSR count). The lowest BCUT2D eigenvalue weighted by molar-refractivity contribution is -0.116. The number of carbonyl (C=O) groups is 2. The van der Waals surface area contributed by atoms with Crippen molar-refractivity contribution in [2.45, 2.75) is 32.6 Å². The number of amides is 2. The van der Waals surface area contributed by atoms with Crippen molar-refractivity contribution >= 4 is 44.8 Å². The number of para-hydroxylation sites is 1. The molecule has 9 heteroatoms. The lowest BCUT2D eigenvalue weighted by atomic mass is 10.1. The molecule has 0 aliphatic heterocycles. The van der Waals surface area contributed by atoms with E-state index in [2.05, 4.69) is 10.6 Å². The van der Waals surface area contributed by atoms with Crippen LogP contribution in [0.5, 0.6) is 0 Å². The van der Waals surface area contributed by atoms with Gasteiger partial charge in [0, 0.05) is 24.5 Å². The Balaban J connectivity index is 1.97. The van der Waals surface area contributed by atoms with Crippen molar-refractivity contribution in [2.24, 2.45) is 0 Å². The Labute approximate surface area is 188 Å². The van der Waals surface area contributed by atoms with Crippen LogP contribution in [0.1, 0.15) is 43.0 Å². The van der Waals surface area contributed by atoms with Crippen molar-refractivity contribution in [3.63, 3.8) is 0 Å². The highest BCUT2D eigenvalue weighted by atomic mass is 35.5. The molecule has 0 aromatic heterocycles. The fraction of sp³-hybridized carbons (Fsp3) is 0.364. The van der Waals surface area contributed by atoms with Crippen LogP contribution in [0.15, 0.2) is 48.5 Å². The first kappa shape index (κ1) is 24.7. The number of nitrogens with one attached hydrogen (secondary N) is 2. The molecule has 2 N–H and O–H groups in total. The number of rotatable bonds is 11. The van der Waals surface area contributed by atoms with Crippen LogP contribution in [0.25, 0.3) is 0 Å². The predicted molar refractivity (Wildman–Crippen MR) is 125 cm³/mol. The molecule has 0 radical (unpaired) electrons. The van der Waals surface area contributed by atoms with Gasteiger partial charge in [-0.25, -0.2) is 8.42 Å². The molecule has 2 aromatic carbocycles. The second-order valence-corrected chi connectivity index (χ2v) is 9.46. The van der Waals surface area contributed by atoms with Gasteiger partial charge in [-0.05, 0) is 49.2 Å². The van der Waals surface area contributed by atoms with Gasteiger partial charge in [0.1, 0.15) is 0 Å². The molecule has 0 saturated carbocycles. The number of hydrogen-bond donors (Lipinski definition) is 2. The molecule has 7 nitrogen and oxygen atoms in total. The number of unbranched alkanes of at least 4 members (excludes halogenated alkanes) is 1. The van der Waals surface area contributed by atoms with Gasteiger partial charge < -0.3 is 10.6 Å². The van der Waals surface area contributed by atoms with Crippen LogP contribution in [0.2, 0.25) is 5.02 Å². The van der Waals surface area contributed by atoms with Crippen LogP contribution in [0, 0.1) is 0 Å². The van der Waals surface area contributed by atoms with E-state index in [-0.39, 0.29) is 24.8 Å². The summed E-state index contributed by atoms with van der Waals surface area (Å²) in [7, 11) is -3.51. The van der Waals surface area contributed by atoms with E-state index < -0.39 is 10.0 Å². The standard InChI is InChI=1S/C22H28ClN3O4S/c1-3-4-15-24-22(28)19-8-5-6-9-20(19)25-21(27)10-7-16-26(31(2,29)30)18-13-11-17(23)12-14-18/h5-6,8-9,11-14H,3-4,7,10,15-16H2,1-2H3,(H,24,28)(H,25,27). The topological polar surface area (TPSA) is 95.6 Å². The Morgan fingerprint density at radius 3 is 2.35 bits per heavy atom. The molecule has 0 spiro atoms. The van der Waals surface area contributed by atoms with Gasteiger partial charge in [-0.15, -0.1) is 0 Å². The maximum Gasteiger partial charge on any atom is 0.253 e. The summed E-state index contributed by atoms with van der Waals surface area (Å²) in [5.74, 6) is -0.534. The zero-order valence-corrected chi connectivity index (χ0v) is 19.3. The average molecular weight is 466 g/mol. The van der Waals surface area contributed by atoms with Crippen LogP contribution in [0.4, 0.5) is 11.4 Å². The highest BCUT2D eigenvalue weighted by Gasteiger charge is 2.18. The van der Waals surface area contributed by atoms with Crippen molar-refractivity contribution in [3.05, 3.63) is 59.1 Å². The highest BCUT2D eigenvalue weighted by Crippen LogP contribution is 2.21. The quantitative estimate of drug-likeness (QED) is 0.489. The first-order chi connectivity index (χ1) is 14.7. The number of nitrogens with zero attached hydrogens (tertiary/aromatic N) is 1. The van der Waals surface area contributed by atoms with Gasteiger partial charge in [0.15, 0.2) is 0 Å². The van der Waals surface area contributed by atoms with Crippen LogP contribution in [0.3, 0.4) is 0 Å². The molecule has 0 aliphatic rings. The zero-order valence-electron chi connectivity index (χ0n) is 17.7. The number of carbonyl (C=O) groups excluding carboxylic acids is 2. The molecule has 0 fully saturated rings. The van der Waals surface area contributed by atoms with Crippen molar-refractivity contribution in [3.8, 4) is 0 Å². The molecule has 168 valence electrons. The smallest absolute Gasteiger partial charge is 0.253 e. The molecular weight excluding hydrogens is 438 g/mol. The predicted octanol–water partition coefficient (Wildman–Crippen LogP) is 4.05. The van der Waals surface area contributed by atoms with Gasteiger partial charge in [-0.1, -0.05) is 37.1 Å². The molecule has 0 heterocycles. The second-order valence-electron chi connectivity index (χ2n) is 7.12. The first-order valence-corrected chi connectivity index (χ1v) is 12.4. The molecule has 0 unspecified atom stereocenters. The molecule has 2 amide bonds. The maximum absolute atomic E-state index is 12.4. The maximum atomic E-state index is 12.4. The summed E-state index contributed by atoms with van der Waals surface area (Å²) in [5.41, 5.74) is 1.31. The Hall–Kier alpha value is -2.58. The average Bonchev–Trinajstić information content (AvgIpc) is 2.72. The monoisotopic (exact) mass is 465 g/mol. The van der Waals surface area contributed by atoms with E-state index in [0.717, 1.165) is 19.1 Å². The minimum Gasteiger partial charge on any atom is -0.352 e. The van der Waals surface area contributed by atoms with Gasteiger partial charge >= 0.3 is 0 Å². The van der Waals surface area contributed by atoms with Gasteiger partial charge in [0.2, 0.25) is 15.9 Å². The normalized spacial score (nSPS) is 11.1. The third-order valence-corrected chi connectivity index (χ3v) is 5.99. The van der Waals surface area contributed by atoms with E-state index in [4.69, 9.17) is 11.6 Å². The number of sulfonamides is 1. The number of halogens is 1. The van der Waals surface area contributed by atoms with Crippen molar-refractivity contribution in [1.82, 2.24) is 5.32 Å². The Kier molecular flexibility index (Phi) is 9.33. The lowest BCUT2D eigenvalue weighted by Crippen LogP contribution is -2.31. The summed E-state index contributed by atoms with van der Waals surface area (Å²) in [6, 6.07) is 13.3. The van der Waals surface area contributed by atoms with Crippen LogP contribution < -0.4 is 14.9 Å². The SMILES string of the molecule is CCCCNC(=O)c1ccccc1NC(=O)CCCN(c1ccc(Cl)cc1)S(C)(=O)=O. The first-order valence-electron chi connectivity index (χ1n) is 10.1. The second kappa shape index (κ2) is 11.7. The molecular formula is C22H28ClN3O4S. The Morgan fingerprint density at radius 2 is 1.71 bits per heavy atom. The minimum absolute atomic E-state index is 0.103. The van der Waals surface area contributed by atoms with Crippen molar-refractivity contribution in [1.29, 1.82) is 0 Å². The van der Waals surface area contributed by atoms with E-state index in [0.29, 0.717) is 34.9 Å². The molecule has 0 saturated heterocycles. The molecule has 2 aromatic rings. The molecule has 0 atom stereocenters. The summed E-state index contributed by atoms with van der Waals surface area (Å²) in [4.78, 5) is 24.8. The van der Waals surface area contributed by atoms with E-state index in [9.17, 15) is 18.0 Å². The van der Waals surface area contributed by atoms with Crippen LogP contribution >= 0.6 is 11.6 Å². The van der Waals surface area contributed by atoms with Gasteiger partial charge in [0.25, 0.3) is 5.91 Å². The molecule has 0 aliphatic carbocycles. The number of hydrogen-bond acceptors (Lipinski definition) is 4. The Morgan fingerprint density at radius 1 is 1.03 bits per heavy atom. The van der Waals surface area contributed by atoms with E-state index in [1.807, 2.05) is 6.92 Å². The summed E-state index contributed by atoms with van der Waals surface area (Å²) in [6.45, 7) is 2.76. The van der Waals surface area contributed by atoms with Gasteiger partial charge in [-0.3, -0.25) is 13.9 Å².